The summed E-state index contributed by atoms with van der Waals surface area (Å²) in [6, 6.07) is 10.2. The van der Waals surface area contributed by atoms with Crippen LogP contribution in [-0.4, -0.2) is 12.6 Å². The first kappa shape index (κ1) is 15.2. The van der Waals surface area contributed by atoms with Crippen LogP contribution in [0.25, 0.3) is 0 Å². The van der Waals surface area contributed by atoms with Crippen molar-refractivity contribution in [3.63, 3.8) is 0 Å². The normalized spacial score (nSPS) is 10.2. The van der Waals surface area contributed by atoms with Crippen molar-refractivity contribution in [2.24, 2.45) is 0 Å². The fourth-order valence-electron chi connectivity index (χ4n) is 1.79. The lowest BCUT2D eigenvalue weighted by Crippen LogP contribution is -2.05. The Balaban J connectivity index is 2.23. The molecule has 2 aromatic carbocycles. The number of rotatable bonds is 4. The second kappa shape index (κ2) is 6.50. The number of carbonyl (C=O) groups excluding carboxylic acids is 1. The molecule has 0 saturated heterocycles. The number of carbonyl (C=O) groups is 1. The molecule has 0 aliphatic carbocycles. The van der Waals surface area contributed by atoms with Crippen molar-refractivity contribution in [2.45, 2.75) is 13.8 Å². The fraction of sp³-hybridized carbons (Fsp3) is 0.188. The van der Waals surface area contributed by atoms with Crippen molar-refractivity contribution in [1.82, 2.24) is 0 Å². The van der Waals surface area contributed by atoms with E-state index in [1.54, 1.807) is 31.2 Å². The molecule has 0 heterocycles. The minimum Gasteiger partial charge on any atom is -0.462 e. The first-order valence-corrected chi connectivity index (χ1v) is 6.89. The van der Waals surface area contributed by atoms with E-state index in [1.807, 2.05) is 13.0 Å². The average Bonchev–Trinajstić information content (AvgIpc) is 2.44. The fourth-order valence-corrected chi connectivity index (χ4v) is 2.06. The first-order chi connectivity index (χ1) is 10.0. The SMILES string of the molecule is CCOC(=O)c1ccc(Oc2ccc(C)cc2Cl)c(N)c1. The van der Waals surface area contributed by atoms with E-state index in [2.05, 4.69) is 0 Å². The molecule has 110 valence electrons. The molecule has 0 aliphatic heterocycles. The lowest BCUT2D eigenvalue weighted by Gasteiger charge is -2.11. The highest BCUT2D eigenvalue weighted by Crippen LogP contribution is 2.33. The summed E-state index contributed by atoms with van der Waals surface area (Å²) in [5.74, 6) is 0.538. The van der Waals surface area contributed by atoms with Gasteiger partial charge in [0.2, 0.25) is 0 Å². The van der Waals surface area contributed by atoms with Crippen LogP contribution in [0, 0.1) is 6.92 Å². The van der Waals surface area contributed by atoms with Crippen molar-refractivity contribution < 1.29 is 14.3 Å². The monoisotopic (exact) mass is 305 g/mol. The van der Waals surface area contributed by atoms with Gasteiger partial charge in [0.15, 0.2) is 0 Å². The zero-order chi connectivity index (χ0) is 15.4. The Bertz CT molecular complexity index is 671. The molecule has 0 unspecified atom stereocenters. The number of anilines is 1. The molecule has 0 fully saturated rings. The van der Waals surface area contributed by atoms with Crippen molar-refractivity contribution in [1.29, 1.82) is 0 Å². The van der Waals surface area contributed by atoms with Crippen molar-refractivity contribution >= 4 is 23.3 Å². The highest BCUT2D eigenvalue weighted by Gasteiger charge is 2.11. The van der Waals surface area contributed by atoms with Gasteiger partial charge in [-0.15, -0.1) is 0 Å². The van der Waals surface area contributed by atoms with Gasteiger partial charge in [-0.1, -0.05) is 17.7 Å². The van der Waals surface area contributed by atoms with Gasteiger partial charge < -0.3 is 15.2 Å². The lowest BCUT2D eigenvalue weighted by molar-refractivity contribution is 0.0526. The summed E-state index contributed by atoms with van der Waals surface area (Å²) in [5, 5.41) is 0.504. The molecule has 2 N–H and O–H groups in total. The number of hydrogen-bond donors (Lipinski definition) is 1. The molecule has 0 amide bonds. The number of aryl methyl sites for hydroxylation is 1. The van der Waals surface area contributed by atoms with E-state index in [1.165, 1.54) is 6.07 Å². The number of benzene rings is 2. The molecule has 5 heteroatoms. The zero-order valence-electron chi connectivity index (χ0n) is 11.9. The van der Waals surface area contributed by atoms with Gasteiger partial charge >= 0.3 is 5.97 Å². The molecule has 0 bridgehead atoms. The van der Waals surface area contributed by atoms with Crippen LogP contribution < -0.4 is 10.5 Å². The third-order valence-electron chi connectivity index (χ3n) is 2.83. The average molecular weight is 306 g/mol. The third-order valence-corrected chi connectivity index (χ3v) is 3.12. The first-order valence-electron chi connectivity index (χ1n) is 6.52. The van der Waals surface area contributed by atoms with Crippen LogP contribution in [0.2, 0.25) is 5.02 Å². The van der Waals surface area contributed by atoms with Crippen LogP contribution in [0.5, 0.6) is 11.5 Å². The number of nitrogen functional groups attached to an aromatic ring is 1. The predicted octanol–water partition coefficient (Wildman–Crippen LogP) is 4.20. The Morgan fingerprint density at radius 2 is 1.90 bits per heavy atom. The quantitative estimate of drug-likeness (QED) is 0.679. The smallest absolute Gasteiger partial charge is 0.338 e. The van der Waals surface area contributed by atoms with Crippen LogP contribution >= 0.6 is 11.6 Å². The van der Waals surface area contributed by atoms with E-state index in [0.29, 0.717) is 34.4 Å². The molecular formula is C16H16ClNO3. The van der Waals surface area contributed by atoms with E-state index >= 15 is 0 Å². The van der Waals surface area contributed by atoms with Crippen LogP contribution in [0.3, 0.4) is 0 Å². The van der Waals surface area contributed by atoms with Crippen LogP contribution in [-0.2, 0) is 4.74 Å². The molecule has 0 saturated carbocycles. The minimum atomic E-state index is -0.413. The molecule has 21 heavy (non-hydrogen) atoms. The molecule has 0 radical (unpaired) electrons. The van der Waals surface area contributed by atoms with Crippen molar-refractivity contribution in [2.75, 3.05) is 12.3 Å². The standard InChI is InChI=1S/C16H16ClNO3/c1-3-20-16(19)11-5-7-15(13(18)9-11)21-14-6-4-10(2)8-12(14)17/h4-9H,3,18H2,1-2H3. The molecule has 0 atom stereocenters. The molecule has 0 spiro atoms. The zero-order valence-corrected chi connectivity index (χ0v) is 12.6. The Kier molecular flexibility index (Phi) is 4.70. The predicted molar refractivity (Wildman–Crippen MR) is 83.1 cm³/mol. The van der Waals surface area contributed by atoms with Gasteiger partial charge in [-0.3, -0.25) is 0 Å². The maximum absolute atomic E-state index is 11.6. The topological polar surface area (TPSA) is 61.5 Å². The summed E-state index contributed by atoms with van der Waals surface area (Å²) < 4.78 is 10.6. The lowest BCUT2D eigenvalue weighted by atomic mass is 10.2. The van der Waals surface area contributed by atoms with Crippen LogP contribution in [0.1, 0.15) is 22.8 Å². The summed E-state index contributed by atoms with van der Waals surface area (Å²) in [5.41, 5.74) is 7.68. The van der Waals surface area contributed by atoms with Crippen LogP contribution in [0.15, 0.2) is 36.4 Å². The van der Waals surface area contributed by atoms with Gasteiger partial charge in [-0.25, -0.2) is 4.79 Å². The number of hydrogen-bond acceptors (Lipinski definition) is 4. The molecule has 0 aromatic heterocycles. The van der Waals surface area contributed by atoms with Gasteiger partial charge in [0, 0.05) is 0 Å². The maximum Gasteiger partial charge on any atom is 0.338 e. The van der Waals surface area contributed by atoms with E-state index in [4.69, 9.17) is 26.8 Å². The Morgan fingerprint density at radius 1 is 1.19 bits per heavy atom. The van der Waals surface area contributed by atoms with Gasteiger partial charge in [-0.2, -0.15) is 0 Å². The van der Waals surface area contributed by atoms with E-state index in [0.717, 1.165) is 5.56 Å². The molecule has 2 aromatic rings. The second-order valence-corrected chi connectivity index (χ2v) is 4.92. The maximum atomic E-state index is 11.6. The molecule has 4 nitrogen and oxygen atoms in total. The molecule has 0 aliphatic rings. The van der Waals surface area contributed by atoms with E-state index < -0.39 is 5.97 Å². The summed E-state index contributed by atoms with van der Waals surface area (Å²) in [6.45, 7) is 4.01. The van der Waals surface area contributed by atoms with Gasteiger partial charge in [0.1, 0.15) is 11.5 Å². The van der Waals surface area contributed by atoms with Crippen molar-refractivity contribution in [3.8, 4) is 11.5 Å². The largest absolute Gasteiger partial charge is 0.462 e. The summed E-state index contributed by atoms with van der Waals surface area (Å²) in [7, 11) is 0. The van der Waals surface area contributed by atoms with E-state index in [-0.39, 0.29) is 0 Å². The highest BCUT2D eigenvalue weighted by molar-refractivity contribution is 6.32. The van der Waals surface area contributed by atoms with Crippen molar-refractivity contribution in [3.05, 3.63) is 52.5 Å². The molecule has 2 rings (SSSR count). The summed E-state index contributed by atoms with van der Waals surface area (Å²) in [6.07, 6.45) is 0. The van der Waals surface area contributed by atoms with Gasteiger partial charge in [0.05, 0.1) is 22.9 Å². The summed E-state index contributed by atoms with van der Waals surface area (Å²) in [4.78, 5) is 11.6. The van der Waals surface area contributed by atoms with E-state index in [9.17, 15) is 4.79 Å². The van der Waals surface area contributed by atoms with Gasteiger partial charge in [-0.05, 0) is 49.7 Å². The second-order valence-electron chi connectivity index (χ2n) is 4.51. The Labute approximate surface area is 128 Å². The van der Waals surface area contributed by atoms with Crippen LogP contribution in [0.4, 0.5) is 5.69 Å². The Hall–Kier alpha value is -2.20. The van der Waals surface area contributed by atoms with Gasteiger partial charge in [0.25, 0.3) is 0 Å². The number of nitrogens with two attached hydrogens (primary N) is 1. The highest BCUT2D eigenvalue weighted by atomic mass is 35.5. The summed E-state index contributed by atoms with van der Waals surface area (Å²) >= 11 is 6.11. The minimum absolute atomic E-state index is 0.315. The number of esters is 1. The third kappa shape index (κ3) is 3.67. The Morgan fingerprint density at radius 3 is 2.52 bits per heavy atom. The molecular weight excluding hydrogens is 290 g/mol. The number of halogens is 1. The number of ether oxygens (including phenoxy) is 2.